The molecule has 2 heterocycles. The number of urea groups is 1. The van der Waals surface area contributed by atoms with Gasteiger partial charge < -0.3 is 14.4 Å². The molecule has 7 heteroatoms. The lowest BCUT2D eigenvalue weighted by Gasteiger charge is -2.41. The summed E-state index contributed by atoms with van der Waals surface area (Å²) >= 11 is 1.31. The van der Waals surface area contributed by atoms with Crippen LogP contribution in [-0.4, -0.2) is 42.7 Å². The summed E-state index contributed by atoms with van der Waals surface area (Å²) in [6, 6.07) is 8.22. The summed E-state index contributed by atoms with van der Waals surface area (Å²) in [6.07, 6.45) is 3.52. The first-order valence-electron chi connectivity index (χ1n) is 7.98. The molecular formula is C17H19N3O3S. The van der Waals surface area contributed by atoms with Gasteiger partial charge >= 0.3 is 6.03 Å². The maximum Gasteiger partial charge on any atom is 0.323 e. The van der Waals surface area contributed by atoms with Crippen molar-refractivity contribution < 1.29 is 14.3 Å². The number of fused-ring (bicyclic) bond motifs is 2. The summed E-state index contributed by atoms with van der Waals surface area (Å²) in [5.41, 5.74) is 2.18. The molecule has 1 aliphatic carbocycles. The summed E-state index contributed by atoms with van der Waals surface area (Å²) in [6.45, 7) is 1.69. The maximum absolute atomic E-state index is 12.6. The number of nitrogens with zero attached hydrogens (tertiary/aromatic N) is 2. The summed E-state index contributed by atoms with van der Waals surface area (Å²) in [4.78, 5) is 18.6. The number of hydrogen-bond acceptors (Lipinski definition) is 5. The van der Waals surface area contributed by atoms with Gasteiger partial charge in [-0.1, -0.05) is 35.6 Å². The minimum atomic E-state index is -0.368. The largest absolute Gasteiger partial charge is 0.486 e. The number of thiazole rings is 1. The second-order valence-corrected chi connectivity index (χ2v) is 7.03. The predicted molar refractivity (Wildman–Crippen MR) is 91.7 cm³/mol. The van der Waals surface area contributed by atoms with Crippen LogP contribution in [0.4, 0.5) is 9.93 Å². The van der Waals surface area contributed by atoms with Crippen molar-refractivity contribution in [2.75, 3.05) is 32.1 Å². The Morgan fingerprint density at radius 1 is 1.46 bits per heavy atom. The van der Waals surface area contributed by atoms with E-state index in [1.807, 2.05) is 11.0 Å². The van der Waals surface area contributed by atoms with Gasteiger partial charge in [0.2, 0.25) is 0 Å². The van der Waals surface area contributed by atoms with Gasteiger partial charge in [-0.15, -0.1) is 0 Å². The summed E-state index contributed by atoms with van der Waals surface area (Å²) in [5.74, 6) is 0. The van der Waals surface area contributed by atoms with Crippen LogP contribution in [0.2, 0.25) is 0 Å². The predicted octanol–water partition coefficient (Wildman–Crippen LogP) is 2.86. The SMILES string of the molecule is COc1cnc(NC(=O)N2CCOC3(CCc4ccccc43)C2)s1. The minimum absolute atomic E-state index is 0.140. The number of carbonyl (C=O) groups is 1. The van der Waals surface area contributed by atoms with Crippen molar-refractivity contribution in [3.63, 3.8) is 0 Å². The van der Waals surface area contributed by atoms with E-state index in [-0.39, 0.29) is 11.6 Å². The molecule has 0 radical (unpaired) electrons. The number of ether oxygens (including phenoxy) is 2. The molecule has 1 aromatic carbocycles. The normalized spacial score (nSPS) is 22.5. The first-order chi connectivity index (χ1) is 11.7. The third kappa shape index (κ3) is 2.63. The highest BCUT2D eigenvalue weighted by Gasteiger charge is 2.44. The topological polar surface area (TPSA) is 63.7 Å². The van der Waals surface area contributed by atoms with Gasteiger partial charge in [0.1, 0.15) is 5.60 Å². The van der Waals surface area contributed by atoms with Crippen LogP contribution in [0.1, 0.15) is 17.5 Å². The monoisotopic (exact) mass is 345 g/mol. The molecule has 1 spiro atoms. The third-order valence-electron chi connectivity index (χ3n) is 4.68. The number of amides is 2. The molecule has 0 bridgehead atoms. The van der Waals surface area contributed by atoms with E-state index in [4.69, 9.17) is 9.47 Å². The van der Waals surface area contributed by atoms with Gasteiger partial charge in [0.15, 0.2) is 10.2 Å². The third-order valence-corrected chi connectivity index (χ3v) is 5.55. The van der Waals surface area contributed by atoms with Gasteiger partial charge in [-0.2, -0.15) is 0 Å². The van der Waals surface area contributed by atoms with Crippen LogP contribution in [0.25, 0.3) is 0 Å². The summed E-state index contributed by atoms with van der Waals surface area (Å²) < 4.78 is 11.3. The number of morpholine rings is 1. The van der Waals surface area contributed by atoms with Crippen molar-refractivity contribution in [2.24, 2.45) is 0 Å². The molecule has 1 aromatic heterocycles. The Morgan fingerprint density at radius 2 is 2.33 bits per heavy atom. The zero-order chi connectivity index (χ0) is 16.6. The van der Waals surface area contributed by atoms with Crippen LogP contribution in [-0.2, 0) is 16.8 Å². The first kappa shape index (κ1) is 15.4. The molecule has 0 saturated carbocycles. The molecule has 4 rings (SSSR count). The fourth-order valence-corrected chi connectivity index (χ4v) is 4.13. The van der Waals surface area contributed by atoms with Crippen molar-refractivity contribution in [3.05, 3.63) is 41.6 Å². The van der Waals surface area contributed by atoms with Crippen LogP contribution in [0.3, 0.4) is 0 Å². The average molecular weight is 345 g/mol. The number of anilines is 1. The first-order valence-corrected chi connectivity index (χ1v) is 8.80. The van der Waals surface area contributed by atoms with Crippen molar-refractivity contribution in [2.45, 2.75) is 18.4 Å². The highest BCUT2D eigenvalue weighted by atomic mass is 32.1. The number of rotatable bonds is 2. The van der Waals surface area contributed by atoms with E-state index in [1.54, 1.807) is 13.3 Å². The lowest BCUT2D eigenvalue weighted by atomic mass is 9.94. The van der Waals surface area contributed by atoms with Crippen LogP contribution in [0, 0.1) is 0 Å². The zero-order valence-electron chi connectivity index (χ0n) is 13.4. The quantitative estimate of drug-likeness (QED) is 0.909. The van der Waals surface area contributed by atoms with E-state index < -0.39 is 0 Å². The van der Waals surface area contributed by atoms with Crippen molar-refractivity contribution in [1.82, 2.24) is 9.88 Å². The molecule has 2 amide bonds. The Kier molecular flexibility index (Phi) is 3.90. The molecule has 1 fully saturated rings. The lowest BCUT2D eigenvalue weighted by molar-refractivity contribution is -0.100. The molecule has 24 heavy (non-hydrogen) atoms. The molecule has 6 nitrogen and oxygen atoms in total. The highest BCUT2D eigenvalue weighted by molar-refractivity contribution is 7.17. The van der Waals surface area contributed by atoms with Gasteiger partial charge in [-0.3, -0.25) is 5.32 Å². The Balaban J connectivity index is 1.50. The van der Waals surface area contributed by atoms with E-state index in [0.29, 0.717) is 29.9 Å². The second kappa shape index (κ2) is 6.07. The van der Waals surface area contributed by atoms with Gasteiger partial charge in [0.05, 0.1) is 26.5 Å². The lowest BCUT2D eigenvalue weighted by Crippen LogP contribution is -2.52. The maximum atomic E-state index is 12.6. The number of methoxy groups -OCH3 is 1. The van der Waals surface area contributed by atoms with E-state index in [0.717, 1.165) is 12.8 Å². The number of hydrogen-bond donors (Lipinski definition) is 1. The van der Waals surface area contributed by atoms with Crippen LogP contribution < -0.4 is 10.1 Å². The molecule has 126 valence electrons. The molecule has 1 unspecified atom stereocenters. The fraction of sp³-hybridized carbons (Fsp3) is 0.412. The summed E-state index contributed by atoms with van der Waals surface area (Å²) in [5, 5.41) is 4.08. The van der Waals surface area contributed by atoms with Crippen molar-refractivity contribution >= 4 is 22.5 Å². The Labute approximate surface area is 144 Å². The number of aryl methyl sites for hydroxylation is 1. The van der Waals surface area contributed by atoms with Crippen LogP contribution in [0.15, 0.2) is 30.5 Å². The summed E-state index contributed by atoms with van der Waals surface area (Å²) in [7, 11) is 1.59. The Hall–Kier alpha value is -2.12. The molecule has 1 N–H and O–H groups in total. The molecule has 1 saturated heterocycles. The minimum Gasteiger partial charge on any atom is -0.486 e. The number of aromatic nitrogens is 1. The number of benzene rings is 1. The molecular weight excluding hydrogens is 326 g/mol. The van der Waals surface area contributed by atoms with E-state index in [2.05, 4.69) is 28.5 Å². The highest BCUT2D eigenvalue weighted by Crippen LogP contribution is 2.42. The zero-order valence-corrected chi connectivity index (χ0v) is 14.3. The molecule has 1 atom stereocenters. The smallest absolute Gasteiger partial charge is 0.323 e. The molecule has 2 aliphatic rings. The number of carbonyl (C=O) groups excluding carboxylic acids is 1. The Bertz CT molecular complexity index is 759. The van der Waals surface area contributed by atoms with Gasteiger partial charge in [0.25, 0.3) is 0 Å². The van der Waals surface area contributed by atoms with Crippen molar-refractivity contribution in [1.29, 1.82) is 0 Å². The fourth-order valence-electron chi connectivity index (χ4n) is 3.51. The van der Waals surface area contributed by atoms with Gasteiger partial charge in [-0.05, 0) is 24.0 Å². The average Bonchev–Trinajstić information content (AvgIpc) is 3.21. The van der Waals surface area contributed by atoms with E-state index in [9.17, 15) is 4.79 Å². The van der Waals surface area contributed by atoms with Crippen LogP contribution in [0.5, 0.6) is 5.06 Å². The van der Waals surface area contributed by atoms with E-state index >= 15 is 0 Å². The molecule has 2 aromatic rings. The van der Waals surface area contributed by atoms with Crippen LogP contribution >= 0.6 is 11.3 Å². The number of nitrogens with one attached hydrogen (secondary N) is 1. The Morgan fingerprint density at radius 3 is 3.17 bits per heavy atom. The van der Waals surface area contributed by atoms with Gasteiger partial charge in [-0.25, -0.2) is 9.78 Å². The van der Waals surface area contributed by atoms with Crippen molar-refractivity contribution in [3.8, 4) is 5.06 Å². The van der Waals surface area contributed by atoms with Gasteiger partial charge in [0, 0.05) is 6.54 Å². The van der Waals surface area contributed by atoms with E-state index in [1.165, 1.54) is 22.5 Å². The second-order valence-electron chi connectivity index (χ2n) is 6.04. The standard InChI is InChI=1S/C17H19N3O3S/c1-22-14-10-18-15(24-14)19-16(21)20-8-9-23-17(11-20)7-6-12-4-2-3-5-13(12)17/h2-5,10H,6-9,11H2,1H3,(H,18,19,21). The molecule has 1 aliphatic heterocycles.